The van der Waals surface area contributed by atoms with Crippen LogP contribution in [0.2, 0.25) is 0 Å². The minimum atomic E-state index is -0.0422. The number of benzene rings is 1. The molecule has 0 bridgehead atoms. The molecule has 1 saturated heterocycles. The van der Waals surface area contributed by atoms with E-state index in [2.05, 4.69) is 14.9 Å². The lowest BCUT2D eigenvalue weighted by Gasteiger charge is -2.22. The molecule has 2 aromatic rings. The molecule has 0 unspecified atom stereocenters. The highest BCUT2D eigenvalue weighted by molar-refractivity contribution is 5.99. The number of hydrogen-bond acceptors (Lipinski definition) is 4. The Morgan fingerprint density at radius 1 is 1.14 bits per heavy atom. The summed E-state index contributed by atoms with van der Waals surface area (Å²) in [6.07, 6.45) is 4.31. The van der Waals surface area contributed by atoms with Crippen molar-refractivity contribution < 1.29 is 4.79 Å². The van der Waals surface area contributed by atoms with E-state index in [-0.39, 0.29) is 11.9 Å². The molecule has 3 heterocycles. The predicted octanol–water partition coefficient (Wildman–Crippen LogP) is 1.60. The lowest BCUT2D eigenvalue weighted by Crippen LogP contribution is -2.39. The second-order valence-electron chi connectivity index (χ2n) is 5.53. The summed E-state index contributed by atoms with van der Waals surface area (Å²) in [7, 11) is 0. The fourth-order valence-electron chi connectivity index (χ4n) is 3.21. The van der Waals surface area contributed by atoms with E-state index in [1.165, 1.54) is 0 Å². The third kappa shape index (κ3) is 2.10. The van der Waals surface area contributed by atoms with Crippen LogP contribution in [0.25, 0.3) is 0 Å². The quantitative estimate of drug-likeness (QED) is 0.838. The maximum Gasteiger partial charge on any atom is 0.244 e. The number of fused-ring (bicyclic) bond motifs is 1. The smallest absolute Gasteiger partial charge is 0.244 e. The number of hydrogen-bond donors (Lipinski definition) is 0. The third-order valence-electron chi connectivity index (χ3n) is 4.29. The van der Waals surface area contributed by atoms with Gasteiger partial charge in [0.1, 0.15) is 6.33 Å². The maximum absolute atomic E-state index is 12.7. The first-order valence-corrected chi connectivity index (χ1v) is 7.21. The summed E-state index contributed by atoms with van der Waals surface area (Å²) < 4.78 is 0. The Morgan fingerprint density at radius 2 is 2.00 bits per heavy atom. The molecular formula is C16H16N4O. The molecule has 106 valence electrons. The zero-order chi connectivity index (χ0) is 14.2. The second kappa shape index (κ2) is 4.93. The van der Waals surface area contributed by atoms with Crippen LogP contribution in [0.4, 0.5) is 5.69 Å². The van der Waals surface area contributed by atoms with Gasteiger partial charge >= 0.3 is 0 Å². The van der Waals surface area contributed by atoms with Gasteiger partial charge in [0.25, 0.3) is 0 Å². The van der Waals surface area contributed by atoms with E-state index < -0.39 is 0 Å². The summed E-state index contributed by atoms with van der Waals surface area (Å²) in [5.74, 6) is 0.196. The van der Waals surface area contributed by atoms with Crippen molar-refractivity contribution in [2.75, 3.05) is 11.4 Å². The van der Waals surface area contributed by atoms with Crippen LogP contribution in [0, 0.1) is 0 Å². The minimum absolute atomic E-state index is 0.0422. The van der Waals surface area contributed by atoms with Crippen molar-refractivity contribution >= 4 is 11.6 Å². The van der Waals surface area contributed by atoms with Gasteiger partial charge in [-0.1, -0.05) is 18.2 Å². The number of para-hydroxylation sites is 1. The number of carbonyl (C=O) groups excluding carboxylic acids is 1. The molecule has 0 saturated carbocycles. The van der Waals surface area contributed by atoms with Crippen LogP contribution in [-0.2, 0) is 17.9 Å². The first kappa shape index (κ1) is 12.5. The highest BCUT2D eigenvalue weighted by Gasteiger charge is 2.39. The number of amides is 1. The number of rotatable bonds is 2. The Bertz CT molecular complexity index is 648. The van der Waals surface area contributed by atoms with Gasteiger partial charge in [-0.05, 0) is 18.6 Å². The Labute approximate surface area is 123 Å². The Kier molecular flexibility index (Phi) is 2.93. The van der Waals surface area contributed by atoms with Crippen LogP contribution in [0.1, 0.15) is 17.7 Å². The van der Waals surface area contributed by atoms with Gasteiger partial charge in [0.05, 0.1) is 11.7 Å². The minimum Gasteiger partial charge on any atom is -0.311 e. The molecule has 1 fully saturated rings. The molecule has 0 spiro atoms. The molecule has 21 heavy (non-hydrogen) atoms. The zero-order valence-electron chi connectivity index (χ0n) is 11.6. The zero-order valence-corrected chi connectivity index (χ0v) is 11.6. The maximum atomic E-state index is 12.7. The standard InChI is InChI=1S/C16H16N4O/c21-16-15(6-7-20(16)13-4-2-1-3-5-13)19-9-12-8-17-11-18-14(12)10-19/h1-5,8,11,15H,6-7,9-10H2/t15-/m0/s1. The fourth-order valence-corrected chi connectivity index (χ4v) is 3.21. The van der Waals surface area contributed by atoms with E-state index in [4.69, 9.17) is 0 Å². The van der Waals surface area contributed by atoms with Crippen LogP contribution in [0.5, 0.6) is 0 Å². The summed E-state index contributed by atoms with van der Waals surface area (Å²) >= 11 is 0. The summed E-state index contributed by atoms with van der Waals surface area (Å²) in [4.78, 5) is 25.2. The monoisotopic (exact) mass is 280 g/mol. The number of aromatic nitrogens is 2. The largest absolute Gasteiger partial charge is 0.311 e. The van der Waals surface area contributed by atoms with E-state index in [0.717, 1.165) is 43.0 Å². The van der Waals surface area contributed by atoms with Crippen molar-refractivity contribution in [3.8, 4) is 0 Å². The van der Waals surface area contributed by atoms with E-state index in [9.17, 15) is 4.79 Å². The predicted molar refractivity (Wildman–Crippen MR) is 78.5 cm³/mol. The molecule has 4 rings (SSSR count). The lowest BCUT2D eigenvalue weighted by atomic mass is 10.2. The Morgan fingerprint density at radius 3 is 2.81 bits per heavy atom. The van der Waals surface area contributed by atoms with E-state index in [0.29, 0.717) is 0 Å². The van der Waals surface area contributed by atoms with Gasteiger partial charge < -0.3 is 4.90 Å². The third-order valence-corrected chi connectivity index (χ3v) is 4.29. The van der Waals surface area contributed by atoms with E-state index >= 15 is 0 Å². The van der Waals surface area contributed by atoms with Gasteiger partial charge in [0.2, 0.25) is 5.91 Å². The molecule has 5 nitrogen and oxygen atoms in total. The van der Waals surface area contributed by atoms with E-state index in [1.54, 1.807) is 6.33 Å². The molecule has 2 aliphatic rings. The van der Waals surface area contributed by atoms with E-state index in [1.807, 2.05) is 41.4 Å². The van der Waals surface area contributed by atoms with Crippen molar-refractivity contribution in [3.05, 3.63) is 54.1 Å². The van der Waals surface area contributed by atoms with Gasteiger partial charge in [-0.15, -0.1) is 0 Å². The Hall–Kier alpha value is -2.27. The van der Waals surface area contributed by atoms with Crippen molar-refractivity contribution in [3.63, 3.8) is 0 Å². The SMILES string of the molecule is O=C1[C@@H](N2Cc3cncnc3C2)CCN1c1ccccc1. The lowest BCUT2D eigenvalue weighted by molar-refractivity contribution is -0.121. The van der Waals surface area contributed by atoms with Gasteiger partial charge in [0.15, 0.2) is 0 Å². The van der Waals surface area contributed by atoms with Gasteiger partial charge in [-0.3, -0.25) is 9.69 Å². The molecule has 1 aromatic heterocycles. The molecule has 0 N–H and O–H groups in total. The molecule has 2 aliphatic heterocycles. The average Bonchev–Trinajstić information content (AvgIpc) is 3.11. The van der Waals surface area contributed by atoms with Crippen LogP contribution in [0.3, 0.4) is 0 Å². The molecule has 1 aromatic carbocycles. The second-order valence-corrected chi connectivity index (χ2v) is 5.53. The van der Waals surface area contributed by atoms with Gasteiger partial charge in [-0.25, -0.2) is 9.97 Å². The Balaban J connectivity index is 1.53. The molecule has 1 atom stereocenters. The molecular weight excluding hydrogens is 264 g/mol. The number of anilines is 1. The van der Waals surface area contributed by atoms with Crippen molar-refractivity contribution in [1.82, 2.24) is 14.9 Å². The summed E-state index contributed by atoms with van der Waals surface area (Å²) in [6, 6.07) is 9.85. The summed E-state index contributed by atoms with van der Waals surface area (Å²) in [5, 5.41) is 0. The number of carbonyl (C=O) groups is 1. The van der Waals surface area contributed by atoms with Crippen molar-refractivity contribution in [2.45, 2.75) is 25.6 Å². The average molecular weight is 280 g/mol. The first-order chi connectivity index (χ1) is 10.3. The van der Waals surface area contributed by atoms with Crippen LogP contribution >= 0.6 is 0 Å². The topological polar surface area (TPSA) is 49.3 Å². The summed E-state index contributed by atoms with van der Waals surface area (Å²) in [6.45, 7) is 2.30. The van der Waals surface area contributed by atoms with Gasteiger partial charge in [0, 0.05) is 37.1 Å². The molecule has 0 radical (unpaired) electrons. The fraction of sp³-hybridized carbons (Fsp3) is 0.312. The molecule has 0 aliphatic carbocycles. The highest BCUT2D eigenvalue weighted by atomic mass is 16.2. The summed E-state index contributed by atoms with van der Waals surface area (Å²) in [5.41, 5.74) is 3.18. The van der Waals surface area contributed by atoms with Crippen LogP contribution in [0.15, 0.2) is 42.9 Å². The van der Waals surface area contributed by atoms with Gasteiger partial charge in [-0.2, -0.15) is 0 Å². The first-order valence-electron chi connectivity index (χ1n) is 7.21. The van der Waals surface area contributed by atoms with Crippen LogP contribution < -0.4 is 4.90 Å². The van der Waals surface area contributed by atoms with Crippen LogP contribution in [-0.4, -0.2) is 33.4 Å². The highest BCUT2D eigenvalue weighted by Crippen LogP contribution is 2.29. The van der Waals surface area contributed by atoms with Crippen molar-refractivity contribution in [2.24, 2.45) is 0 Å². The molecule has 5 heteroatoms. The number of nitrogens with zero attached hydrogens (tertiary/aromatic N) is 4. The normalized spacial score (nSPS) is 21.8. The molecule has 1 amide bonds. The van der Waals surface area contributed by atoms with Crippen molar-refractivity contribution in [1.29, 1.82) is 0 Å².